The Morgan fingerprint density at radius 1 is 0.654 bits per heavy atom. The zero-order valence-corrected chi connectivity index (χ0v) is 18.3. The summed E-state index contributed by atoms with van der Waals surface area (Å²) in [6.07, 6.45) is 0. The van der Waals surface area contributed by atoms with Crippen molar-refractivity contribution in [2.24, 2.45) is 0 Å². The second-order valence-electron chi connectivity index (χ2n) is 8.88. The Morgan fingerprint density at radius 3 is 1.65 bits per heavy atom. The zero-order chi connectivity index (χ0) is 18.5. The summed E-state index contributed by atoms with van der Waals surface area (Å²) in [4.78, 5) is 0. The molecule has 0 spiro atoms. The summed E-state index contributed by atoms with van der Waals surface area (Å²) in [5.74, 6) is 0. The van der Waals surface area contributed by atoms with E-state index < -0.39 is 15.3 Å². The number of benzene rings is 3. The third-order valence-electron chi connectivity index (χ3n) is 5.78. The van der Waals surface area contributed by atoms with Crippen molar-refractivity contribution in [2.75, 3.05) is 13.3 Å². The molecular weight excluding hydrogens is 347 g/mol. The minimum atomic E-state index is -1.41. The van der Waals surface area contributed by atoms with Gasteiger partial charge in [0.15, 0.2) is 0 Å². The number of hydrogen-bond donors (Lipinski definition) is 0. The van der Waals surface area contributed by atoms with Crippen LogP contribution < -0.4 is 10.5 Å². The highest BCUT2D eigenvalue weighted by atomic mass is 31.2. The fourth-order valence-corrected chi connectivity index (χ4v) is 11.2. The molecular formula is C24H28PSi+. The molecule has 0 saturated heterocycles. The molecule has 1 aliphatic rings. The Labute approximate surface area is 159 Å². The standard InChI is InChI=1S/C24H28PSi/c1-25(2,22-16-10-11-17-23(22)26(3,4)5)24-20-14-8-6-12-18(20)19-13-7-9-15-21(19)24/h6-17,24H,1-5H3/q+1. The molecule has 0 N–H and O–H groups in total. The van der Waals surface area contributed by atoms with Gasteiger partial charge in [-0.25, -0.2) is 0 Å². The molecule has 3 aromatic carbocycles. The van der Waals surface area contributed by atoms with Gasteiger partial charge in [-0.2, -0.15) is 0 Å². The minimum Gasteiger partial charge on any atom is -0.0655 e. The predicted molar refractivity (Wildman–Crippen MR) is 122 cm³/mol. The van der Waals surface area contributed by atoms with Crippen molar-refractivity contribution >= 4 is 25.8 Å². The van der Waals surface area contributed by atoms with Crippen molar-refractivity contribution in [3.05, 3.63) is 83.9 Å². The maximum absolute atomic E-state index is 2.55. The molecule has 0 saturated carbocycles. The lowest BCUT2D eigenvalue weighted by atomic mass is 10.1. The summed E-state index contributed by atoms with van der Waals surface area (Å²) < 4.78 is 0. The molecule has 0 heterocycles. The van der Waals surface area contributed by atoms with Crippen molar-refractivity contribution in [1.82, 2.24) is 0 Å². The SMILES string of the molecule is C[Si](C)(C)c1ccccc1[P+](C)(C)C1c2ccccc2-c2ccccc21. The third-order valence-corrected chi connectivity index (χ3v) is 11.5. The van der Waals surface area contributed by atoms with Crippen LogP contribution in [0.25, 0.3) is 11.1 Å². The lowest BCUT2D eigenvalue weighted by molar-refractivity contribution is 1.18. The van der Waals surface area contributed by atoms with Gasteiger partial charge in [0.2, 0.25) is 0 Å². The fraction of sp³-hybridized carbons (Fsp3) is 0.250. The van der Waals surface area contributed by atoms with Crippen molar-refractivity contribution in [3.8, 4) is 11.1 Å². The molecule has 0 nitrogen and oxygen atoms in total. The molecule has 0 aliphatic heterocycles. The van der Waals surface area contributed by atoms with Gasteiger partial charge in [0.25, 0.3) is 0 Å². The zero-order valence-electron chi connectivity index (χ0n) is 16.5. The first-order valence-electron chi connectivity index (χ1n) is 9.44. The van der Waals surface area contributed by atoms with Crippen LogP contribution in [0.5, 0.6) is 0 Å². The summed E-state index contributed by atoms with van der Waals surface area (Å²) in [7, 11) is -2.80. The van der Waals surface area contributed by atoms with Crippen LogP contribution in [-0.4, -0.2) is 21.4 Å². The van der Waals surface area contributed by atoms with E-state index in [2.05, 4.69) is 106 Å². The molecule has 0 radical (unpaired) electrons. The summed E-state index contributed by atoms with van der Waals surface area (Å²) in [5.41, 5.74) is 6.43. The number of rotatable bonds is 3. The van der Waals surface area contributed by atoms with Crippen LogP contribution >= 0.6 is 7.26 Å². The smallest absolute Gasteiger partial charge is 0.0655 e. The van der Waals surface area contributed by atoms with Crippen LogP contribution in [0.3, 0.4) is 0 Å². The van der Waals surface area contributed by atoms with Crippen LogP contribution in [0.1, 0.15) is 16.8 Å². The van der Waals surface area contributed by atoms with E-state index in [1.54, 1.807) is 10.5 Å². The van der Waals surface area contributed by atoms with E-state index in [4.69, 9.17) is 0 Å². The van der Waals surface area contributed by atoms with E-state index in [1.165, 1.54) is 22.3 Å². The first-order chi connectivity index (χ1) is 12.3. The molecule has 4 rings (SSSR count). The Morgan fingerprint density at radius 2 is 1.12 bits per heavy atom. The second kappa shape index (κ2) is 6.18. The Hall–Kier alpha value is -1.69. The first-order valence-corrected chi connectivity index (χ1v) is 15.7. The van der Waals surface area contributed by atoms with Crippen molar-refractivity contribution in [1.29, 1.82) is 0 Å². The van der Waals surface area contributed by atoms with Crippen LogP contribution in [0.15, 0.2) is 72.8 Å². The highest BCUT2D eigenvalue weighted by Gasteiger charge is 2.48. The Balaban J connectivity index is 1.96. The molecule has 0 unspecified atom stereocenters. The summed E-state index contributed by atoms with van der Waals surface area (Å²) in [6, 6.07) is 27.4. The lowest BCUT2D eigenvalue weighted by Gasteiger charge is -2.31. The van der Waals surface area contributed by atoms with E-state index in [0.717, 1.165) is 0 Å². The highest BCUT2D eigenvalue weighted by Crippen LogP contribution is 2.69. The number of hydrogen-bond acceptors (Lipinski definition) is 0. The molecule has 132 valence electrons. The maximum atomic E-state index is 2.55. The monoisotopic (exact) mass is 375 g/mol. The summed E-state index contributed by atoms with van der Waals surface area (Å²) in [5, 5.41) is 3.27. The largest absolute Gasteiger partial charge is 0.125 e. The summed E-state index contributed by atoms with van der Waals surface area (Å²) in [6.45, 7) is 12.5. The van der Waals surface area contributed by atoms with Gasteiger partial charge in [-0.3, -0.25) is 0 Å². The molecule has 0 amide bonds. The molecule has 0 aromatic heterocycles. The summed E-state index contributed by atoms with van der Waals surface area (Å²) >= 11 is 0. The van der Waals surface area contributed by atoms with Gasteiger partial charge in [0.05, 0.1) is 34.0 Å². The quantitative estimate of drug-likeness (QED) is 0.395. The normalized spacial score (nSPS) is 14.2. The van der Waals surface area contributed by atoms with Gasteiger partial charge in [-0.1, -0.05) is 86.4 Å². The first kappa shape index (κ1) is 17.7. The Kier molecular flexibility index (Phi) is 4.21. The van der Waals surface area contributed by atoms with Crippen molar-refractivity contribution < 1.29 is 0 Å². The number of fused-ring (bicyclic) bond motifs is 3. The predicted octanol–water partition coefficient (Wildman–Crippen LogP) is 5.90. The van der Waals surface area contributed by atoms with Crippen LogP contribution in [0.2, 0.25) is 19.6 Å². The van der Waals surface area contributed by atoms with Crippen LogP contribution in [0, 0.1) is 0 Å². The van der Waals surface area contributed by atoms with E-state index in [9.17, 15) is 0 Å². The topological polar surface area (TPSA) is 0 Å². The lowest BCUT2D eigenvalue weighted by Crippen LogP contribution is -2.47. The van der Waals surface area contributed by atoms with Crippen molar-refractivity contribution in [3.63, 3.8) is 0 Å². The van der Waals surface area contributed by atoms with E-state index in [-0.39, 0.29) is 0 Å². The molecule has 3 aromatic rings. The fourth-order valence-electron chi connectivity index (χ4n) is 4.57. The van der Waals surface area contributed by atoms with E-state index in [0.29, 0.717) is 5.66 Å². The van der Waals surface area contributed by atoms with Gasteiger partial charge in [-0.05, 0) is 22.4 Å². The van der Waals surface area contributed by atoms with Crippen LogP contribution in [0.4, 0.5) is 0 Å². The van der Waals surface area contributed by atoms with Crippen molar-refractivity contribution in [2.45, 2.75) is 25.3 Å². The molecule has 0 bridgehead atoms. The van der Waals surface area contributed by atoms with E-state index >= 15 is 0 Å². The Bertz CT molecular complexity index is 920. The van der Waals surface area contributed by atoms with Gasteiger partial charge < -0.3 is 0 Å². The van der Waals surface area contributed by atoms with Gasteiger partial charge in [0.1, 0.15) is 5.66 Å². The van der Waals surface area contributed by atoms with Gasteiger partial charge in [0, 0.05) is 11.1 Å². The third kappa shape index (κ3) is 2.69. The average molecular weight is 376 g/mol. The van der Waals surface area contributed by atoms with E-state index in [1.807, 2.05) is 0 Å². The van der Waals surface area contributed by atoms with Crippen LogP contribution in [-0.2, 0) is 0 Å². The van der Waals surface area contributed by atoms with Gasteiger partial charge in [-0.15, -0.1) is 0 Å². The molecule has 2 heteroatoms. The average Bonchev–Trinajstić information content (AvgIpc) is 2.96. The highest BCUT2D eigenvalue weighted by molar-refractivity contribution is 7.82. The minimum absolute atomic E-state index is 0.507. The molecule has 1 aliphatic carbocycles. The molecule has 0 atom stereocenters. The second-order valence-corrected chi connectivity index (χ2v) is 18.0. The maximum Gasteiger partial charge on any atom is 0.125 e. The molecule has 26 heavy (non-hydrogen) atoms. The molecule has 0 fully saturated rings. The van der Waals surface area contributed by atoms with Gasteiger partial charge >= 0.3 is 0 Å².